The number of halogens is 3. The molecule has 0 saturated heterocycles. The number of rotatable bonds is 0. The van der Waals surface area contributed by atoms with Crippen LogP contribution in [0.3, 0.4) is 0 Å². The van der Waals surface area contributed by atoms with Gasteiger partial charge in [-0.25, -0.2) is 0 Å². The van der Waals surface area contributed by atoms with E-state index in [0.29, 0.717) is 0 Å². The molecule has 0 aromatic heterocycles. The summed E-state index contributed by atoms with van der Waals surface area (Å²) in [5.74, 6) is 2.96. The third-order valence-corrected chi connectivity index (χ3v) is 5.04. The van der Waals surface area contributed by atoms with Crippen LogP contribution in [0, 0.1) is 3.57 Å². The summed E-state index contributed by atoms with van der Waals surface area (Å²) >= 11 is 9.12. The van der Waals surface area contributed by atoms with Gasteiger partial charge < -0.3 is 9.47 Å². The maximum atomic E-state index is 5.86. The molecule has 17 heavy (non-hydrogen) atoms. The van der Waals surface area contributed by atoms with Crippen molar-refractivity contribution in [1.82, 2.24) is 0 Å². The van der Waals surface area contributed by atoms with Crippen molar-refractivity contribution in [2.45, 2.75) is 0 Å². The van der Waals surface area contributed by atoms with Crippen molar-refractivity contribution in [3.63, 3.8) is 0 Å². The van der Waals surface area contributed by atoms with Crippen LogP contribution in [0.25, 0.3) is 0 Å². The molecule has 1 aliphatic rings. The zero-order valence-electron chi connectivity index (χ0n) is 8.34. The lowest BCUT2D eigenvalue weighted by molar-refractivity contribution is 0.357. The second-order valence-corrected chi connectivity index (χ2v) is 6.36. The van der Waals surface area contributed by atoms with Crippen LogP contribution in [-0.4, -0.2) is 0 Å². The van der Waals surface area contributed by atoms with Gasteiger partial charge in [-0.15, -0.1) is 0 Å². The van der Waals surface area contributed by atoms with Crippen LogP contribution < -0.4 is 9.47 Å². The van der Waals surface area contributed by atoms with Crippen molar-refractivity contribution in [2.75, 3.05) is 0 Å². The fraction of sp³-hybridized carbons (Fsp3) is 0. The van der Waals surface area contributed by atoms with E-state index in [-0.39, 0.29) is 0 Å². The minimum Gasteiger partial charge on any atom is -0.449 e. The molecule has 0 saturated carbocycles. The second-order valence-electron chi connectivity index (χ2n) is 3.48. The average molecular weight is 468 g/mol. The molecular weight excluding hydrogens is 463 g/mol. The monoisotopic (exact) mass is 466 g/mol. The van der Waals surface area contributed by atoms with Gasteiger partial charge in [-0.05, 0) is 66.6 Å². The Kier molecular flexibility index (Phi) is 3.08. The Morgan fingerprint density at radius 3 is 2.24 bits per heavy atom. The molecule has 0 N–H and O–H groups in total. The van der Waals surface area contributed by atoms with E-state index in [0.717, 1.165) is 35.5 Å². The summed E-state index contributed by atoms with van der Waals surface area (Å²) in [5.41, 5.74) is 0. The topological polar surface area (TPSA) is 18.5 Å². The molecule has 0 bridgehead atoms. The molecule has 1 aliphatic heterocycles. The molecule has 2 nitrogen and oxygen atoms in total. The Balaban J connectivity index is 2.14. The normalized spacial score (nSPS) is 12.2. The number of benzene rings is 2. The van der Waals surface area contributed by atoms with E-state index >= 15 is 0 Å². The van der Waals surface area contributed by atoms with Crippen LogP contribution in [0.5, 0.6) is 23.0 Å². The van der Waals surface area contributed by atoms with E-state index in [4.69, 9.17) is 9.47 Å². The highest BCUT2D eigenvalue weighted by molar-refractivity contribution is 14.1. The van der Waals surface area contributed by atoms with Gasteiger partial charge in [-0.3, -0.25) is 0 Å². The quantitative estimate of drug-likeness (QED) is 0.394. The third kappa shape index (κ3) is 2.08. The lowest BCUT2D eigenvalue weighted by Gasteiger charge is -2.21. The molecule has 1 heterocycles. The number of ether oxygens (including phenoxy) is 2. The van der Waals surface area contributed by atoms with Crippen LogP contribution in [0.2, 0.25) is 0 Å². The largest absolute Gasteiger partial charge is 0.449 e. The molecule has 0 unspecified atom stereocenters. The number of para-hydroxylation sites is 1. The lowest BCUT2D eigenvalue weighted by Crippen LogP contribution is -2.00. The highest BCUT2D eigenvalue weighted by atomic mass is 127. The lowest BCUT2D eigenvalue weighted by atomic mass is 10.2. The minimum absolute atomic E-state index is 0.717. The zero-order chi connectivity index (χ0) is 12.0. The molecule has 86 valence electrons. The first-order valence-corrected chi connectivity index (χ1v) is 7.45. The average Bonchev–Trinajstić information content (AvgIpc) is 2.29. The van der Waals surface area contributed by atoms with Crippen molar-refractivity contribution >= 4 is 54.5 Å². The molecule has 0 spiro atoms. The van der Waals surface area contributed by atoms with Crippen LogP contribution in [0.4, 0.5) is 0 Å². The Morgan fingerprint density at radius 2 is 1.53 bits per heavy atom. The molecule has 0 atom stereocenters. The summed E-state index contributed by atoms with van der Waals surface area (Å²) in [5, 5.41) is 0. The molecule has 5 heteroatoms. The van der Waals surface area contributed by atoms with Gasteiger partial charge in [0.25, 0.3) is 0 Å². The number of fused-ring (bicyclic) bond motifs is 2. The number of hydrogen-bond donors (Lipinski definition) is 0. The van der Waals surface area contributed by atoms with Crippen LogP contribution in [0.1, 0.15) is 0 Å². The SMILES string of the molecule is Brc1cc2c(cc1Br)Oc1c(I)cccc1O2. The Bertz CT molecular complexity index is 614. The second kappa shape index (κ2) is 4.44. The van der Waals surface area contributed by atoms with Gasteiger partial charge in [0.1, 0.15) is 0 Å². The summed E-state index contributed by atoms with van der Waals surface area (Å²) in [7, 11) is 0. The predicted molar refractivity (Wildman–Crippen MR) is 81.1 cm³/mol. The molecule has 0 fully saturated rings. The van der Waals surface area contributed by atoms with Crippen LogP contribution in [0.15, 0.2) is 39.3 Å². The summed E-state index contributed by atoms with van der Waals surface area (Å²) in [6.45, 7) is 0. The maximum Gasteiger partial charge on any atom is 0.183 e. The zero-order valence-corrected chi connectivity index (χ0v) is 13.7. The van der Waals surface area contributed by atoms with Crippen molar-refractivity contribution < 1.29 is 9.47 Å². The summed E-state index contributed by atoms with van der Waals surface area (Å²) in [4.78, 5) is 0. The first-order chi connectivity index (χ1) is 8.15. The molecule has 2 aromatic rings. The molecule has 0 aliphatic carbocycles. The van der Waals surface area contributed by atoms with Crippen LogP contribution >= 0.6 is 54.5 Å². The van der Waals surface area contributed by atoms with Gasteiger partial charge in [-0.2, -0.15) is 0 Å². The Morgan fingerprint density at radius 1 is 0.882 bits per heavy atom. The van der Waals surface area contributed by atoms with Crippen molar-refractivity contribution in [3.05, 3.63) is 42.8 Å². The van der Waals surface area contributed by atoms with Crippen LogP contribution in [-0.2, 0) is 0 Å². The van der Waals surface area contributed by atoms with Gasteiger partial charge in [0.2, 0.25) is 0 Å². The van der Waals surface area contributed by atoms with Gasteiger partial charge in [0.05, 0.1) is 3.57 Å². The van der Waals surface area contributed by atoms with E-state index in [2.05, 4.69) is 54.5 Å². The predicted octanol–water partition coefficient (Wildman–Crippen LogP) is 5.71. The van der Waals surface area contributed by atoms with E-state index in [1.54, 1.807) is 0 Å². The fourth-order valence-electron chi connectivity index (χ4n) is 1.57. The van der Waals surface area contributed by atoms with E-state index in [1.165, 1.54) is 0 Å². The fourth-order valence-corrected chi connectivity index (χ4v) is 2.80. The third-order valence-electron chi connectivity index (χ3n) is 2.35. The minimum atomic E-state index is 0.717. The standard InChI is InChI=1S/C12H5Br2IO2/c13-6-4-10-11(5-7(6)14)17-12-8(15)2-1-3-9(12)16-10/h1-5H. The highest BCUT2D eigenvalue weighted by Gasteiger charge is 2.21. The Labute approximate surface area is 129 Å². The molecule has 0 amide bonds. The van der Waals surface area contributed by atoms with Gasteiger partial charge in [0, 0.05) is 21.1 Å². The van der Waals surface area contributed by atoms with Crippen molar-refractivity contribution in [2.24, 2.45) is 0 Å². The first-order valence-electron chi connectivity index (χ1n) is 4.78. The highest BCUT2D eigenvalue weighted by Crippen LogP contribution is 2.49. The summed E-state index contributed by atoms with van der Waals surface area (Å²) in [6, 6.07) is 9.62. The van der Waals surface area contributed by atoms with Gasteiger partial charge in [-0.1, -0.05) is 6.07 Å². The van der Waals surface area contributed by atoms with Crippen molar-refractivity contribution in [3.8, 4) is 23.0 Å². The van der Waals surface area contributed by atoms with E-state index in [1.807, 2.05) is 30.3 Å². The first kappa shape index (κ1) is 11.8. The van der Waals surface area contributed by atoms with Gasteiger partial charge >= 0.3 is 0 Å². The van der Waals surface area contributed by atoms with E-state index in [9.17, 15) is 0 Å². The molecule has 2 aromatic carbocycles. The van der Waals surface area contributed by atoms with E-state index < -0.39 is 0 Å². The smallest absolute Gasteiger partial charge is 0.183 e. The van der Waals surface area contributed by atoms with Crippen molar-refractivity contribution in [1.29, 1.82) is 0 Å². The number of hydrogen-bond acceptors (Lipinski definition) is 2. The summed E-state index contributed by atoms with van der Waals surface area (Å²) in [6.07, 6.45) is 0. The summed E-state index contributed by atoms with van der Waals surface area (Å²) < 4.78 is 14.6. The Hall–Kier alpha value is -0.270. The molecular formula is C12H5Br2IO2. The molecule has 0 radical (unpaired) electrons. The maximum absolute atomic E-state index is 5.86. The molecule has 3 rings (SSSR count). The van der Waals surface area contributed by atoms with Gasteiger partial charge in [0.15, 0.2) is 23.0 Å².